The quantitative estimate of drug-likeness (QED) is 0.0275. The number of nitrogens with zero attached hydrogens (tertiary/aromatic N) is 1. The molecule has 4 aromatic carbocycles. The molecule has 0 saturated carbocycles. The summed E-state index contributed by atoms with van der Waals surface area (Å²) >= 11 is 6.14. The highest BCUT2D eigenvalue weighted by Crippen LogP contribution is 2.19. The number of halogens is 1. The van der Waals surface area contributed by atoms with E-state index in [0.29, 0.717) is 11.4 Å². The maximum atomic E-state index is 14.3. The van der Waals surface area contributed by atoms with E-state index in [1.807, 2.05) is 84.9 Å². The predicted molar refractivity (Wildman–Crippen MR) is 238 cm³/mol. The Hall–Kier alpha value is -6.67. The maximum absolute atomic E-state index is 14.3. The highest BCUT2D eigenvalue weighted by molar-refractivity contribution is 6.30. The van der Waals surface area contributed by atoms with Crippen LogP contribution in [-0.2, 0) is 49.7 Å². The molecule has 0 saturated heterocycles. The van der Waals surface area contributed by atoms with Crippen molar-refractivity contribution in [1.29, 1.82) is 0 Å². The van der Waals surface area contributed by atoms with Crippen LogP contribution in [0, 0.1) is 0 Å². The molecular formula is C46H54ClN9O5. The van der Waals surface area contributed by atoms with Gasteiger partial charge in [0.25, 0.3) is 0 Å². The molecule has 5 aromatic rings. The van der Waals surface area contributed by atoms with Gasteiger partial charge in [-0.3, -0.25) is 29.0 Å². The van der Waals surface area contributed by atoms with Gasteiger partial charge in [-0.15, -0.1) is 0 Å². The largest absolute Gasteiger partial charge is 0.370 e. The number of hydrogen-bond donors (Lipinski definition) is 8. The molecule has 0 fully saturated rings. The van der Waals surface area contributed by atoms with Crippen LogP contribution < -0.4 is 38.5 Å². The first-order valence-corrected chi connectivity index (χ1v) is 20.8. The minimum Gasteiger partial charge on any atom is -0.370 e. The Morgan fingerprint density at radius 1 is 0.590 bits per heavy atom. The van der Waals surface area contributed by atoms with E-state index in [0.717, 1.165) is 40.4 Å². The Bertz CT molecular complexity index is 2250. The topological polar surface area (TPSA) is 240 Å². The number of nitrogens with two attached hydrogens (primary N) is 3. The van der Waals surface area contributed by atoms with Crippen LogP contribution in [0.1, 0.15) is 54.4 Å². The standard InChI is InChI=1S/C46H54ClN9O5/c47-34-23-21-32(22-24-34)27-39(53-41(57)20-10-7-14-30-12-3-1-4-13-30)44(60)56-40(26-31-15-5-2-6-16-31)45(61)54-37(19-11-25-51-46(49)50)43(59)55-38(42(48)58)28-33-29-52-36-18-9-8-17-35(33)36/h1-6,8-9,12-13,15-18,21-24,29,37-40,52H,7,10-11,14,19-20,25-28H2,(H2,48,58)(H,53,57)(H,54,61)(H,55,59)(H,56,60)(H4,49,50,51)/t37-,38-,39-,40-/m0/s1. The number of aliphatic imine (C=N–C) groups is 1. The predicted octanol–water partition coefficient (Wildman–Crippen LogP) is 3.74. The number of benzene rings is 4. The second kappa shape index (κ2) is 23.2. The van der Waals surface area contributed by atoms with Crippen molar-refractivity contribution >= 4 is 58.0 Å². The Morgan fingerprint density at radius 3 is 1.80 bits per heavy atom. The lowest BCUT2D eigenvalue weighted by atomic mass is 10.0. The maximum Gasteiger partial charge on any atom is 0.243 e. The fraction of sp³-hybridized carbons (Fsp3) is 0.304. The molecule has 0 radical (unpaired) electrons. The van der Waals surface area contributed by atoms with Gasteiger partial charge in [0, 0.05) is 54.4 Å². The molecule has 1 heterocycles. The molecule has 14 nitrogen and oxygen atoms in total. The third-order valence-electron chi connectivity index (χ3n) is 10.2. The fourth-order valence-electron chi connectivity index (χ4n) is 6.98. The number of unbranched alkanes of at least 4 members (excludes halogenated alkanes) is 1. The summed E-state index contributed by atoms with van der Waals surface area (Å²) in [6.07, 6.45) is 4.83. The number of hydrogen-bond acceptors (Lipinski definition) is 6. The van der Waals surface area contributed by atoms with E-state index in [1.165, 1.54) is 5.56 Å². The number of fused-ring (bicyclic) bond motifs is 1. The van der Waals surface area contributed by atoms with E-state index < -0.39 is 47.8 Å². The lowest BCUT2D eigenvalue weighted by molar-refractivity contribution is -0.134. The van der Waals surface area contributed by atoms with Crippen molar-refractivity contribution in [2.24, 2.45) is 22.2 Å². The van der Waals surface area contributed by atoms with Crippen molar-refractivity contribution in [2.75, 3.05) is 6.54 Å². The molecule has 0 unspecified atom stereocenters. The summed E-state index contributed by atoms with van der Waals surface area (Å²) in [5.41, 5.74) is 21.1. The van der Waals surface area contributed by atoms with E-state index in [4.69, 9.17) is 28.8 Å². The van der Waals surface area contributed by atoms with Gasteiger partial charge in [0.1, 0.15) is 24.2 Å². The molecule has 0 aliphatic carbocycles. The molecule has 15 heteroatoms. The SMILES string of the molecule is NC(=O)[C@H](Cc1c[nH]c2ccccc12)NC(=O)[C@H](CCCN=C(N)N)NC(=O)[C@H](Cc1ccccc1)NC(=O)[C@H](Cc1ccc(Cl)cc1)NC(=O)CCCCc1ccccc1. The van der Waals surface area contributed by atoms with Crippen molar-refractivity contribution in [3.05, 3.63) is 143 Å². The molecule has 0 bridgehead atoms. The van der Waals surface area contributed by atoms with Crippen LogP contribution in [0.5, 0.6) is 0 Å². The van der Waals surface area contributed by atoms with Crippen molar-refractivity contribution in [2.45, 2.75) is 82.0 Å². The number of amides is 5. The van der Waals surface area contributed by atoms with Gasteiger partial charge < -0.3 is 43.5 Å². The molecular weight excluding hydrogens is 794 g/mol. The smallest absolute Gasteiger partial charge is 0.243 e. The lowest BCUT2D eigenvalue weighted by Crippen LogP contribution is -2.59. The monoisotopic (exact) mass is 847 g/mol. The fourth-order valence-corrected chi connectivity index (χ4v) is 7.11. The summed E-state index contributed by atoms with van der Waals surface area (Å²) in [6, 6.07) is 29.0. The number of carbonyl (C=O) groups excluding carboxylic acids is 5. The summed E-state index contributed by atoms with van der Waals surface area (Å²) in [5, 5.41) is 12.7. The first-order chi connectivity index (χ1) is 29.4. The average Bonchev–Trinajstić information content (AvgIpc) is 3.66. The zero-order valence-corrected chi connectivity index (χ0v) is 34.7. The molecule has 0 aliphatic heterocycles. The number of aromatic amines is 1. The number of aryl methyl sites for hydroxylation is 1. The van der Waals surface area contributed by atoms with Crippen molar-refractivity contribution in [1.82, 2.24) is 26.3 Å². The molecule has 0 aliphatic rings. The van der Waals surface area contributed by atoms with Crippen LogP contribution in [0.4, 0.5) is 0 Å². The normalized spacial score (nSPS) is 12.9. The molecule has 5 rings (SSSR count). The lowest BCUT2D eigenvalue weighted by Gasteiger charge is -2.26. The van der Waals surface area contributed by atoms with Crippen LogP contribution >= 0.6 is 11.6 Å². The van der Waals surface area contributed by atoms with Gasteiger partial charge in [-0.2, -0.15) is 0 Å². The third kappa shape index (κ3) is 14.8. The van der Waals surface area contributed by atoms with Gasteiger partial charge in [-0.25, -0.2) is 0 Å². The number of nitrogens with one attached hydrogen (secondary N) is 5. The number of aromatic nitrogens is 1. The van der Waals surface area contributed by atoms with Crippen LogP contribution in [0.15, 0.2) is 120 Å². The zero-order valence-electron chi connectivity index (χ0n) is 33.9. The zero-order chi connectivity index (χ0) is 43.6. The summed E-state index contributed by atoms with van der Waals surface area (Å²) < 4.78 is 0. The Balaban J connectivity index is 1.33. The van der Waals surface area contributed by atoms with E-state index >= 15 is 0 Å². The highest BCUT2D eigenvalue weighted by Gasteiger charge is 2.31. The van der Waals surface area contributed by atoms with E-state index in [9.17, 15) is 24.0 Å². The average molecular weight is 848 g/mol. The number of rotatable bonds is 23. The third-order valence-corrected chi connectivity index (χ3v) is 10.5. The number of H-pyrrole nitrogens is 1. The van der Waals surface area contributed by atoms with Crippen LogP contribution in [0.25, 0.3) is 10.9 Å². The van der Waals surface area contributed by atoms with Gasteiger partial charge in [-0.05, 0) is 72.6 Å². The van der Waals surface area contributed by atoms with Crippen molar-refractivity contribution in [3.63, 3.8) is 0 Å². The van der Waals surface area contributed by atoms with E-state index in [2.05, 4.69) is 31.2 Å². The number of carbonyl (C=O) groups is 5. The molecule has 1 aromatic heterocycles. The van der Waals surface area contributed by atoms with Gasteiger partial charge >= 0.3 is 0 Å². The van der Waals surface area contributed by atoms with Gasteiger partial charge in [0.15, 0.2) is 5.96 Å². The molecule has 320 valence electrons. The molecule has 4 atom stereocenters. The van der Waals surface area contributed by atoms with Crippen LogP contribution in [-0.4, -0.2) is 71.2 Å². The summed E-state index contributed by atoms with van der Waals surface area (Å²) in [4.78, 5) is 75.7. The van der Waals surface area contributed by atoms with Crippen molar-refractivity contribution in [3.8, 4) is 0 Å². The molecule has 5 amide bonds. The summed E-state index contributed by atoms with van der Waals surface area (Å²) in [5.74, 6) is -3.11. The van der Waals surface area contributed by atoms with Gasteiger partial charge in [0.05, 0.1) is 0 Å². The van der Waals surface area contributed by atoms with E-state index in [-0.39, 0.29) is 56.9 Å². The Kier molecular flexibility index (Phi) is 17.3. The number of guanidine groups is 1. The van der Waals surface area contributed by atoms with Crippen molar-refractivity contribution < 1.29 is 24.0 Å². The van der Waals surface area contributed by atoms with E-state index in [1.54, 1.807) is 30.5 Å². The van der Waals surface area contributed by atoms with Gasteiger partial charge in [-0.1, -0.05) is 103 Å². The highest BCUT2D eigenvalue weighted by atomic mass is 35.5. The second-order valence-corrected chi connectivity index (χ2v) is 15.4. The number of primary amides is 1. The Labute approximate surface area is 360 Å². The summed E-state index contributed by atoms with van der Waals surface area (Å²) in [6.45, 7) is 0.166. The minimum atomic E-state index is -1.18. The van der Waals surface area contributed by atoms with Gasteiger partial charge in [0.2, 0.25) is 29.5 Å². The molecule has 61 heavy (non-hydrogen) atoms. The first kappa shape index (κ1) is 45.4. The molecule has 0 spiro atoms. The second-order valence-electron chi connectivity index (χ2n) is 14.9. The number of para-hydroxylation sites is 1. The Morgan fingerprint density at radius 2 is 1.15 bits per heavy atom. The minimum absolute atomic E-state index is 0.0618. The summed E-state index contributed by atoms with van der Waals surface area (Å²) in [7, 11) is 0. The van der Waals surface area contributed by atoms with Crippen LogP contribution in [0.2, 0.25) is 5.02 Å². The van der Waals surface area contributed by atoms with Crippen LogP contribution in [0.3, 0.4) is 0 Å². The molecule has 11 N–H and O–H groups in total. The first-order valence-electron chi connectivity index (χ1n) is 20.4.